The highest BCUT2D eigenvalue weighted by atomic mass is 16.5. The van der Waals surface area contributed by atoms with E-state index in [9.17, 15) is 4.79 Å². The Balaban J connectivity index is 2.25. The van der Waals surface area contributed by atoms with E-state index in [-0.39, 0.29) is 18.0 Å². The van der Waals surface area contributed by atoms with Gasteiger partial charge in [-0.15, -0.1) is 0 Å². The van der Waals surface area contributed by atoms with Gasteiger partial charge in [-0.2, -0.15) is 0 Å². The molecule has 0 aliphatic carbocycles. The van der Waals surface area contributed by atoms with Gasteiger partial charge in [0.05, 0.1) is 6.10 Å². The van der Waals surface area contributed by atoms with Crippen molar-refractivity contribution >= 4 is 5.97 Å². The molecule has 2 rings (SSSR count). The monoisotopic (exact) mass is 326 g/mol. The van der Waals surface area contributed by atoms with E-state index < -0.39 is 0 Å². The standard InChI is InChI=1S/C21H26O3/c1-13(2)23-20-9-7-18(11-14(20)3)16(5)19-8-10-21(15(4)12-19)24-17(6)22/h7-13,16H,1-6H3. The lowest BCUT2D eigenvalue weighted by atomic mass is 9.91. The van der Waals surface area contributed by atoms with Gasteiger partial charge >= 0.3 is 5.97 Å². The van der Waals surface area contributed by atoms with Gasteiger partial charge in [0.15, 0.2) is 0 Å². The predicted molar refractivity (Wildman–Crippen MR) is 96.9 cm³/mol. The minimum atomic E-state index is -0.296. The zero-order chi connectivity index (χ0) is 17.9. The van der Waals surface area contributed by atoms with Gasteiger partial charge in [0, 0.05) is 12.8 Å². The van der Waals surface area contributed by atoms with Crippen LogP contribution in [0.25, 0.3) is 0 Å². The van der Waals surface area contributed by atoms with Crippen LogP contribution in [0.5, 0.6) is 11.5 Å². The number of rotatable bonds is 5. The number of hydrogen-bond donors (Lipinski definition) is 0. The van der Waals surface area contributed by atoms with Crippen molar-refractivity contribution in [2.24, 2.45) is 0 Å². The van der Waals surface area contributed by atoms with Crippen LogP contribution in [0.15, 0.2) is 36.4 Å². The number of esters is 1. The second-order valence-electron chi connectivity index (χ2n) is 6.53. The maximum Gasteiger partial charge on any atom is 0.308 e. The van der Waals surface area contributed by atoms with Gasteiger partial charge in [-0.25, -0.2) is 0 Å². The molecule has 0 bridgehead atoms. The van der Waals surface area contributed by atoms with Crippen LogP contribution in [0, 0.1) is 13.8 Å². The molecule has 0 fully saturated rings. The van der Waals surface area contributed by atoms with Gasteiger partial charge in [-0.05, 0) is 62.1 Å². The fourth-order valence-electron chi connectivity index (χ4n) is 2.73. The molecule has 3 heteroatoms. The lowest BCUT2D eigenvalue weighted by Crippen LogP contribution is -2.07. The maximum atomic E-state index is 11.1. The van der Waals surface area contributed by atoms with Crippen LogP contribution in [0.2, 0.25) is 0 Å². The Morgan fingerprint density at radius 1 is 0.875 bits per heavy atom. The van der Waals surface area contributed by atoms with Crippen LogP contribution in [0.1, 0.15) is 55.9 Å². The fraction of sp³-hybridized carbons (Fsp3) is 0.381. The summed E-state index contributed by atoms with van der Waals surface area (Å²) in [4.78, 5) is 11.1. The van der Waals surface area contributed by atoms with E-state index in [2.05, 4.69) is 32.0 Å². The van der Waals surface area contributed by atoms with Crippen molar-refractivity contribution in [3.8, 4) is 11.5 Å². The van der Waals surface area contributed by atoms with E-state index in [1.165, 1.54) is 18.1 Å². The molecular weight excluding hydrogens is 300 g/mol. The molecule has 0 heterocycles. The molecule has 24 heavy (non-hydrogen) atoms. The van der Waals surface area contributed by atoms with Crippen molar-refractivity contribution in [2.45, 2.75) is 53.6 Å². The topological polar surface area (TPSA) is 35.5 Å². The molecule has 128 valence electrons. The number of hydrogen-bond acceptors (Lipinski definition) is 3. The summed E-state index contributed by atoms with van der Waals surface area (Å²) in [5, 5.41) is 0. The highest BCUT2D eigenvalue weighted by molar-refractivity contribution is 5.69. The summed E-state index contributed by atoms with van der Waals surface area (Å²) in [6.07, 6.45) is 0.170. The predicted octanol–water partition coefficient (Wildman–Crippen LogP) is 5.17. The van der Waals surface area contributed by atoms with Crippen molar-refractivity contribution in [3.05, 3.63) is 58.7 Å². The first kappa shape index (κ1) is 18.1. The number of carbonyl (C=O) groups is 1. The Labute approximate surface area is 144 Å². The number of aryl methyl sites for hydroxylation is 2. The third-order valence-corrected chi connectivity index (χ3v) is 4.01. The van der Waals surface area contributed by atoms with E-state index in [0.29, 0.717) is 5.75 Å². The highest BCUT2D eigenvalue weighted by Gasteiger charge is 2.13. The van der Waals surface area contributed by atoms with Gasteiger partial charge in [-0.1, -0.05) is 31.2 Å². The van der Waals surface area contributed by atoms with Crippen LogP contribution in [0.3, 0.4) is 0 Å². The van der Waals surface area contributed by atoms with Gasteiger partial charge in [0.25, 0.3) is 0 Å². The maximum absolute atomic E-state index is 11.1. The van der Waals surface area contributed by atoms with Crippen LogP contribution in [0.4, 0.5) is 0 Å². The summed E-state index contributed by atoms with van der Waals surface area (Å²) in [6, 6.07) is 12.3. The molecule has 1 atom stereocenters. The summed E-state index contributed by atoms with van der Waals surface area (Å²) in [7, 11) is 0. The van der Waals surface area contributed by atoms with Crippen molar-refractivity contribution in [1.29, 1.82) is 0 Å². The third kappa shape index (κ3) is 4.38. The molecular formula is C21H26O3. The molecule has 1 unspecified atom stereocenters. The first-order valence-corrected chi connectivity index (χ1v) is 8.34. The van der Waals surface area contributed by atoms with Gasteiger partial charge in [0.1, 0.15) is 11.5 Å². The average molecular weight is 326 g/mol. The van der Waals surface area contributed by atoms with E-state index in [0.717, 1.165) is 16.9 Å². The molecule has 0 saturated carbocycles. The number of ether oxygens (including phenoxy) is 2. The second kappa shape index (κ2) is 7.52. The molecule has 3 nitrogen and oxygen atoms in total. The number of benzene rings is 2. The Kier molecular flexibility index (Phi) is 5.66. The Bertz CT molecular complexity index is 732. The van der Waals surface area contributed by atoms with E-state index in [1.54, 1.807) is 0 Å². The molecule has 0 amide bonds. The van der Waals surface area contributed by atoms with Crippen molar-refractivity contribution in [3.63, 3.8) is 0 Å². The fourth-order valence-corrected chi connectivity index (χ4v) is 2.73. The Morgan fingerprint density at radius 3 is 1.79 bits per heavy atom. The molecule has 0 spiro atoms. The SMILES string of the molecule is CC(=O)Oc1ccc(C(C)c2ccc(OC(C)C)c(C)c2)cc1C. The molecule has 0 aliphatic heterocycles. The number of carbonyl (C=O) groups excluding carboxylic acids is 1. The van der Waals surface area contributed by atoms with Crippen molar-refractivity contribution < 1.29 is 14.3 Å². The lowest BCUT2D eigenvalue weighted by Gasteiger charge is -2.18. The van der Waals surface area contributed by atoms with Gasteiger partial charge in [0.2, 0.25) is 0 Å². The zero-order valence-corrected chi connectivity index (χ0v) is 15.3. The minimum absolute atomic E-state index is 0.170. The smallest absolute Gasteiger partial charge is 0.308 e. The summed E-state index contributed by atoms with van der Waals surface area (Å²) in [6.45, 7) is 11.7. The quantitative estimate of drug-likeness (QED) is 0.562. The molecule has 0 aliphatic rings. The lowest BCUT2D eigenvalue weighted by molar-refractivity contribution is -0.131. The van der Waals surface area contributed by atoms with Gasteiger partial charge < -0.3 is 9.47 Å². The van der Waals surface area contributed by atoms with Crippen LogP contribution < -0.4 is 9.47 Å². The van der Waals surface area contributed by atoms with Crippen LogP contribution in [-0.2, 0) is 4.79 Å². The van der Waals surface area contributed by atoms with Gasteiger partial charge in [-0.3, -0.25) is 4.79 Å². The van der Waals surface area contributed by atoms with E-state index in [1.807, 2.05) is 39.0 Å². The van der Waals surface area contributed by atoms with Crippen molar-refractivity contribution in [2.75, 3.05) is 0 Å². The zero-order valence-electron chi connectivity index (χ0n) is 15.3. The molecule has 0 radical (unpaired) electrons. The third-order valence-electron chi connectivity index (χ3n) is 4.01. The molecule has 0 aromatic heterocycles. The molecule has 2 aromatic rings. The summed E-state index contributed by atoms with van der Waals surface area (Å²) in [5.41, 5.74) is 4.54. The molecule has 2 aromatic carbocycles. The van der Waals surface area contributed by atoms with Crippen LogP contribution in [-0.4, -0.2) is 12.1 Å². The van der Waals surface area contributed by atoms with Crippen molar-refractivity contribution in [1.82, 2.24) is 0 Å². The average Bonchev–Trinajstić information content (AvgIpc) is 2.50. The van der Waals surface area contributed by atoms with Crippen LogP contribution >= 0.6 is 0 Å². The largest absolute Gasteiger partial charge is 0.491 e. The highest BCUT2D eigenvalue weighted by Crippen LogP contribution is 2.31. The summed E-state index contributed by atoms with van der Waals surface area (Å²) in [5.74, 6) is 1.51. The summed E-state index contributed by atoms with van der Waals surface area (Å²) >= 11 is 0. The molecule has 0 saturated heterocycles. The second-order valence-corrected chi connectivity index (χ2v) is 6.53. The van der Waals surface area contributed by atoms with E-state index >= 15 is 0 Å². The Hall–Kier alpha value is -2.29. The summed E-state index contributed by atoms with van der Waals surface area (Å²) < 4.78 is 11.0. The van der Waals surface area contributed by atoms with E-state index in [4.69, 9.17) is 9.47 Å². The first-order chi connectivity index (χ1) is 11.3. The molecule has 0 N–H and O–H groups in total. The minimum Gasteiger partial charge on any atom is -0.491 e. The first-order valence-electron chi connectivity index (χ1n) is 8.34. The Morgan fingerprint density at radius 2 is 1.38 bits per heavy atom. The normalized spacial score (nSPS) is 12.1.